The molecule has 1 aliphatic rings. The highest BCUT2D eigenvalue weighted by Gasteiger charge is 2.30. The summed E-state index contributed by atoms with van der Waals surface area (Å²) in [6.07, 6.45) is 8.54. The van der Waals surface area contributed by atoms with E-state index >= 15 is 0 Å². The van der Waals surface area contributed by atoms with E-state index in [2.05, 4.69) is 24.3 Å². The van der Waals surface area contributed by atoms with Crippen LogP contribution in [-0.4, -0.2) is 42.1 Å². The molecule has 0 unspecified atom stereocenters. The second-order valence-corrected chi connectivity index (χ2v) is 9.26. The lowest BCUT2D eigenvalue weighted by Gasteiger charge is -2.27. The third-order valence-corrected chi connectivity index (χ3v) is 6.88. The van der Waals surface area contributed by atoms with Gasteiger partial charge in [-0.05, 0) is 71.7 Å². The smallest absolute Gasteiger partial charge is 0.328 e. The topological polar surface area (TPSA) is 90.2 Å². The number of carbonyl (C=O) groups is 1. The van der Waals surface area contributed by atoms with Crippen LogP contribution < -0.4 is 14.2 Å². The van der Waals surface area contributed by atoms with Crippen molar-refractivity contribution in [2.75, 3.05) is 21.3 Å². The molecule has 0 aliphatic heterocycles. The van der Waals surface area contributed by atoms with Crippen molar-refractivity contribution in [1.82, 2.24) is 4.57 Å². The maximum absolute atomic E-state index is 11.6. The Balaban J connectivity index is 1.62. The zero-order valence-corrected chi connectivity index (χ0v) is 20.9. The van der Waals surface area contributed by atoms with Crippen LogP contribution >= 0.6 is 0 Å². The molecule has 0 saturated carbocycles. The molecule has 0 spiro atoms. The first-order valence-electron chi connectivity index (χ1n) is 12.0. The van der Waals surface area contributed by atoms with Gasteiger partial charge in [0.05, 0.1) is 27.4 Å². The summed E-state index contributed by atoms with van der Waals surface area (Å²) in [7, 11) is 4.68. The Morgan fingerprint density at radius 1 is 1.06 bits per heavy atom. The lowest BCUT2D eigenvalue weighted by atomic mass is 9.85. The summed E-state index contributed by atoms with van der Waals surface area (Å²) >= 11 is 0. The minimum Gasteiger partial charge on any atom is -0.493 e. The summed E-state index contributed by atoms with van der Waals surface area (Å²) in [6.45, 7) is 0.575. The van der Waals surface area contributed by atoms with E-state index in [1.165, 1.54) is 11.1 Å². The molecule has 2 N–H and O–H groups in total. The average Bonchev–Trinajstić information content (AvgIpc) is 3.51. The number of aromatic nitrogens is 1. The number of hydrogen-bond donors (Lipinski definition) is 2. The Kier molecular flexibility index (Phi) is 8.00. The monoisotopic (exact) mass is 491 g/mol. The molecule has 3 aromatic rings. The predicted molar refractivity (Wildman–Crippen MR) is 138 cm³/mol. The van der Waals surface area contributed by atoms with Gasteiger partial charge in [0.2, 0.25) is 5.75 Å². The molecular formula is C29H33NO6. The van der Waals surface area contributed by atoms with Crippen molar-refractivity contribution >= 4 is 12.0 Å². The number of aliphatic hydroxyl groups excluding tert-OH is 1. The molecule has 2 atom stereocenters. The van der Waals surface area contributed by atoms with Gasteiger partial charge < -0.3 is 29.0 Å². The minimum absolute atomic E-state index is 0.101. The molecule has 4 rings (SSSR count). The van der Waals surface area contributed by atoms with E-state index in [9.17, 15) is 9.90 Å². The van der Waals surface area contributed by atoms with Crippen molar-refractivity contribution in [3.05, 3.63) is 83.2 Å². The Morgan fingerprint density at radius 2 is 1.69 bits per heavy atom. The van der Waals surface area contributed by atoms with Gasteiger partial charge in [0.15, 0.2) is 11.5 Å². The zero-order chi connectivity index (χ0) is 25.7. The second-order valence-electron chi connectivity index (χ2n) is 9.26. The third kappa shape index (κ3) is 5.74. The van der Waals surface area contributed by atoms with Crippen molar-refractivity contribution in [3.63, 3.8) is 0 Å². The van der Waals surface area contributed by atoms with Crippen molar-refractivity contribution < 1.29 is 29.2 Å². The molecular weight excluding hydrogens is 458 g/mol. The molecule has 1 aliphatic carbocycles. The maximum Gasteiger partial charge on any atom is 0.328 e. The SMILES string of the molecule is COc1cc([C@@H](O)[C@H](CC2Cc3ccccc3C2)Cn2ccc(/C=C/C(=O)O)c2)cc(OC)c1OC. The first-order valence-corrected chi connectivity index (χ1v) is 12.0. The molecule has 36 heavy (non-hydrogen) atoms. The van der Waals surface area contributed by atoms with E-state index in [1.807, 2.05) is 23.0 Å². The molecule has 7 nitrogen and oxygen atoms in total. The van der Waals surface area contributed by atoms with Crippen molar-refractivity contribution in [2.24, 2.45) is 11.8 Å². The maximum atomic E-state index is 11.6. The van der Waals surface area contributed by atoms with Crippen LogP contribution in [0.4, 0.5) is 0 Å². The number of ether oxygens (including phenoxy) is 3. The standard InChI is InChI=1S/C29H33NO6/c1-34-25-15-23(16-26(35-2)29(25)36-3)28(33)24(14-20-12-21-6-4-5-7-22(21)13-20)18-30-11-10-19(17-30)8-9-27(31)32/h4-11,15-17,20,24,28,33H,12-14,18H2,1-3H3,(H,31,32)/b9-8+/t24-,28-/m1/s1. The van der Waals surface area contributed by atoms with Crippen LogP contribution in [0.2, 0.25) is 0 Å². The normalized spacial score (nSPS) is 15.0. The molecule has 0 bridgehead atoms. The Labute approximate surface area is 211 Å². The van der Waals surface area contributed by atoms with Crippen LogP contribution in [0.15, 0.2) is 60.9 Å². The number of hydrogen-bond acceptors (Lipinski definition) is 5. The highest BCUT2D eigenvalue weighted by molar-refractivity contribution is 5.85. The van der Waals surface area contributed by atoms with Crippen molar-refractivity contribution in [3.8, 4) is 17.2 Å². The summed E-state index contributed by atoms with van der Waals surface area (Å²) in [5, 5.41) is 20.6. The highest BCUT2D eigenvalue weighted by Crippen LogP contribution is 2.42. The Hall–Kier alpha value is -3.71. The van der Waals surface area contributed by atoms with Crippen LogP contribution in [0, 0.1) is 11.8 Å². The number of carboxylic acids is 1. The van der Waals surface area contributed by atoms with Crippen LogP contribution in [0.5, 0.6) is 17.2 Å². The highest BCUT2D eigenvalue weighted by atomic mass is 16.5. The first kappa shape index (κ1) is 25.4. The van der Waals surface area contributed by atoms with Gasteiger partial charge in [-0.15, -0.1) is 0 Å². The van der Waals surface area contributed by atoms with E-state index in [0.29, 0.717) is 35.3 Å². The first-order chi connectivity index (χ1) is 17.4. The van der Waals surface area contributed by atoms with E-state index < -0.39 is 12.1 Å². The zero-order valence-electron chi connectivity index (χ0n) is 20.9. The Morgan fingerprint density at radius 3 is 2.25 bits per heavy atom. The van der Waals surface area contributed by atoms with Crippen molar-refractivity contribution in [2.45, 2.75) is 31.9 Å². The quantitative estimate of drug-likeness (QED) is 0.376. The van der Waals surface area contributed by atoms with Gasteiger partial charge in [-0.1, -0.05) is 24.3 Å². The number of rotatable bonds is 11. The summed E-state index contributed by atoms with van der Waals surface area (Å²) in [5.74, 6) is 0.820. The lowest BCUT2D eigenvalue weighted by molar-refractivity contribution is -0.131. The van der Waals surface area contributed by atoms with Gasteiger partial charge in [0, 0.05) is 30.9 Å². The van der Waals surface area contributed by atoms with Gasteiger partial charge in [-0.2, -0.15) is 0 Å². The fourth-order valence-corrected chi connectivity index (χ4v) is 5.20. The van der Waals surface area contributed by atoms with E-state index in [-0.39, 0.29) is 5.92 Å². The summed E-state index contributed by atoms with van der Waals surface area (Å²) < 4.78 is 18.5. The second kappa shape index (κ2) is 11.4. The number of nitrogens with zero attached hydrogens (tertiary/aromatic N) is 1. The van der Waals surface area contributed by atoms with Crippen molar-refractivity contribution in [1.29, 1.82) is 0 Å². The number of methoxy groups -OCH3 is 3. The molecule has 7 heteroatoms. The number of fused-ring (bicyclic) bond motifs is 1. The van der Waals surface area contributed by atoms with Gasteiger partial charge in [0.25, 0.3) is 0 Å². The van der Waals surface area contributed by atoms with Crippen LogP contribution in [0.25, 0.3) is 6.08 Å². The average molecular weight is 492 g/mol. The molecule has 2 aromatic carbocycles. The minimum atomic E-state index is -0.987. The molecule has 1 heterocycles. The molecule has 0 amide bonds. The van der Waals surface area contributed by atoms with E-state index in [0.717, 1.165) is 30.9 Å². The fraction of sp³-hybridized carbons (Fsp3) is 0.345. The molecule has 190 valence electrons. The number of aliphatic hydroxyl groups is 1. The summed E-state index contributed by atoms with van der Waals surface area (Å²) in [4.78, 5) is 10.9. The van der Waals surface area contributed by atoms with Crippen LogP contribution in [0.1, 0.15) is 34.8 Å². The van der Waals surface area contributed by atoms with Gasteiger partial charge in [-0.25, -0.2) is 4.79 Å². The Bertz CT molecular complexity index is 1180. The molecule has 0 fully saturated rings. The van der Waals surface area contributed by atoms with Gasteiger partial charge in [0.1, 0.15) is 0 Å². The largest absolute Gasteiger partial charge is 0.493 e. The number of benzene rings is 2. The number of carboxylic acid groups (broad SMARTS) is 1. The van der Waals surface area contributed by atoms with Gasteiger partial charge >= 0.3 is 5.97 Å². The van der Waals surface area contributed by atoms with Crippen LogP contribution in [0.3, 0.4) is 0 Å². The van der Waals surface area contributed by atoms with E-state index in [4.69, 9.17) is 19.3 Å². The fourth-order valence-electron chi connectivity index (χ4n) is 5.20. The summed E-state index contributed by atoms with van der Waals surface area (Å²) in [6, 6.07) is 14.0. The van der Waals surface area contributed by atoms with Gasteiger partial charge in [-0.3, -0.25) is 0 Å². The summed E-state index contributed by atoms with van der Waals surface area (Å²) in [5.41, 5.74) is 4.26. The van der Waals surface area contributed by atoms with Crippen LogP contribution in [-0.2, 0) is 24.2 Å². The molecule has 0 saturated heterocycles. The third-order valence-electron chi connectivity index (χ3n) is 6.88. The number of aliphatic carboxylic acids is 1. The molecule has 0 radical (unpaired) electrons. The lowest BCUT2D eigenvalue weighted by Crippen LogP contribution is -2.22. The predicted octanol–water partition coefficient (Wildman–Crippen LogP) is 4.77. The molecule has 1 aromatic heterocycles. The van der Waals surface area contributed by atoms with E-state index in [1.54, 1.807) is 39.5 Å².